The van der Waals surface area contributed by atoms with E-state index < -0.39 is 0 Å². The third-order valence-corrected chi connectivity index (χ3v) is 10.6. The van der Waals surface area contributed by atoms with E-state index in [1.54, 1.807) is 0 Å². The van der Waals surface area contributed by atoms with Gasteiger partial charge in [0.2, 0.25) is 0 Å². The van der Waals surface area contributed by atoms with E-state index >= 15 is 0 Å². The van der Waals surface area contributed by atoms with Gasteiger partial charge < -0.3 is 5.11 Å². The zero-order valence-corrected chi connectivity index (χ0v) is 28.4. The van der Waals surface area contributed by atoms with Crippen molar-refractivity contribution in [3.63, 3.8) is 0 Å². The number of aliphatic imine (C=N–C) groups is 1. The summed E-state index contributed by atoms with van der Waals surface area (Å²) in [6.07, 6.45) is 13.9. The summed E-state index contributed by atoms with van der Waals surface area (Å²) in [5.74, 6) is 0.666. The Morgan fingerprint density at radius 1 is 0.804 bits per heavy atom. The first-order valence-corrected chi connectivity index (χ1v) is 17.4. The maximum Gasteiger partial charge on any atom is 0.128 e. The van der Waals surface area contributed by atoms with Crippen molar-refractivity contribution in [2.75, 3.05) is 0 Å². The van der Waals surface area contributed by atoms with E-state index in [0.717, 1.165) is 49.7 Å². The van der Waals surface area contributed by atoms with E-state index in [9.17, 15) is 5.11 Å². The number of rotatable bonds is 10. The molecule has 2 aliphatic carbocycles. The van der Waals surface area contributed by atoms with Gasteiger partial charge in [0.1, 0.15) is 5.75 Å². The monoisotopic (exact) mass is 609 g/mol. The third kappa shape index (κ3) is 6.63. The van der Waals surface area contributed by atoms with Crippen molar-refractivity contribution in [1.82, 2.24) is 0 Å². The molecule has 238 valence electrons. The lowest BCUT2D eigenvalue weighted by atomic mass is 9.65. The van der Waals surface area contributed by atoms with Gasteiger partial charge in [-0.2, -0.15) is 0 Å². The highest BCUT2D eigenvalue weighted by Gasteiger charge is 2.42. The molecule has 0 bridgehead atoms. The topological polar surface area (TPSA) is 32.6 Å². The number of phenols is 1. The molecule has 2 heteroatoms. The van der Waals surface area contributed by atoms with Gasteiger partial charge in [-0.3, -0.25) is 4.99 Å². The zero-order chi connectivity index (χ0) is 32.3. The molecule has 46 heavy (non-hydrogen) atoms. The second-order valence-electron chi connectivity index (χ2n) is 15.1. The van der Waals surface area contributed by atoms with Gasteiger partial charge in [0, 0.05) is 29.3 Å². The summed E-state index contributed by atoms with van der Waals surface area (Å²) in [5.41, 5.74) is 11.3. The summed E-state index contributed by atoms with van der Waals surface area (Å²) in [4.78, 5) is 4.99. The first kappa shape index (κ1) is 32.0. The van der Waals surface area contributed by atoms with Gasteiger partial charge in [0.25, 0.3) is 0 Å². The van der Waals surface area contributed by atoms with E-state index in [0.29, 0.717) is 11.8 Å². The molecule has 1 atom stereocenters. The molecule has 1 saturated carbocycles. The van der Waals surface area contributed by atoms with Crippen LogP contribution in [0.25, 0.3) is 11.1 Å². The summed E-state index contributed by atoms with van der Waals surface area (Å²) in [5, 5.41) is 11.5. The second-order valence-corrected chi connectivity index (χ2v) is 15.1. The van der Waals surface area contributed by atoms with E-state index in [1.165, 1.54) is 58.2 Å². The fourth-order valence-corrected chi connectivity index (χ4v) is 8.14. The molecular weight excluding hydrogens is 558 g/mol. The molecule has 0 aromatic heterocycles. The van der Waals surface area contributed by atoms with Crippen LogP contribution >= 0.6 is 0 Å². The molecule has 4 aromatic rings. The molecule has 2 aliphatic rings. The zero-order valence-electron chi connectivity index (χ0n) is 28.4. The Bertz CT molecular complexity index is 1670. The van der Waals surface area contributed by atoms with Crippen molar-refractivity contribution < 1.29 is 5.11 Å². The van der Waals surface area contributed by atoms with Crippen LogP contribution in [0.15, 0.2) is 103 Å². The number of aryl methyl sites for hydroxylation is 1. The Kier molecular flexibility index (Phi) is 9.37. The molecule has 0 spiro atoms. The van der Waals surface area contributed by atoms with Gasteiger partial charge in [0.05, 0.1) is 0 Å². The Hall–Kier alpha value is -3.91. The van der Waals surface area contributed by atoms with Crippen molar-refractivity contribution in [3.8, 4) is 16.9 Å². The molecule has 0 saturated heterocycles. The molecule has 0 amide bonds. The second kappa shape index (κ2) is 13.4. The lowest BCUT2D eigenvalue weighted by Gasteiger charge is -2.38. The predicted molar refractivity (Wildman–Crippen MR) is 195 cm³/mol. The van der Waals surface area contributed by atoms with Crippen LogP contribution in [-0.2, 0) is 24.7 Å². The highest BCUT2D eigenvalue weighted by atomic mass is 16.3. The van der Waals surface area contributed by atoms with E-state index in [4.69, 9.17) is 4.99 Å². The molecule has 0 radical (unpaired) electrons. The highest BCUT2D eigenvalue weighted by molar-refractivity contribution is 5.85. The molecule has 0 heterocycles. The first-order valence-electron chi connectivity index (χ1n) is 17.4. The molecule has 1 unspecified atom stereocenters. The predicted octanol–water partition coefficient (Wildman–Crippen LogP) is 11.2. The standard InChI is InChI=1S/C44H51NO/c1-6-16-32-17-10-11-18-33(32)29-44(5,41-38-23-14-12-21-36(38)37-22-13-15-24-39(37)41)26-25-31-27-34(30-45-35-19-8-7-9-20-35)42(46)40(28-31)43(2,3)4/h6,10-15,17-18,21-24,27-28,30,35,41,46H,1,7-9,16,19-20,25-26,29H2,2-5H3. The van der Waals surface area contributed by atoms with Gasteiger partial charge >= 0.3 is 0 Å². The van der Waals surface area contributed by atoms with E-state index in [-0.39, 0.29) is 16.7 Å². The van der Waals surface area contributed by atoms with Crippen LogP contribution in [0.1, 0.15) is 111 Å². The minimum atomic E-state index is -0.177. The van der Waals surface area contributed by atoms with Gasteiger partial charge in [0.15, 0.2) is 0 Å². The molecule has 2 nitrogen and oxygen atoms in total. The highest BCUT2D eigenvalue weighted by Crippen LogP contribution is 2.55. The normalized spacial score (nSPS) is 16.7. The smallest absolute Gasteiger partial charge is 0.128 e. The quantitative estimate of drug-likeness (QED) is 0.141. The number of phenolic OH excluding ortho intramolecular Hbond substituents is 1. The maximum atomic E-state index is 11.5. The van der Waals surface area contributed by atoms with Crippen molar-refractivity contribution >= 4 is 6.21 Å². The van der Waals surface area contributed by atoms with Crippen molar-refractivity contribution in [1.29, 1.82) is 0 Å². The van der Waals surface area contributed by atoms with Crippen molar-refractivity contribution in [2.45, 2.75) is 103 Å². The largest absolute Gasteiger partial charge is 0.507 e. The average Bonchev–Trinajstić information content (AvgIpc) is 3.40. The van der Waals surface area contributed by atoms with Crippen LogP contribution in [0.3, 0.4) is 0 Å². The molecule has 1 N–H and O–H groups in total. The SMILES string of the molecule is C=CCc1ccccc1CC(C)(CCc1cc(C=NC2CCCCC2)c(O)c(C(C)(C)C)c1)C1c2ccccc2-c2ccccc21. The van der Waals surface area contributed by atoms with E-state index in [1.807, 2.05) is 12.3 Å². The Morgan fingerprint density at radius 2 is 1.41 bits per heavy atom. The minimum absolute atomic E-state index is 0.0594. The first-order chi connectivity index (χ1) is 22.2. The number of aromatic hydroxyl groups is 1. The summed E-state index contributed by atoms with van der Waals surface area (Å²) < 4.78 is 0. The summed E-state index contributed by atoms with van der Waals surface area (Å²) >= 11 is 0. The van der Waals surface area contributed by atoms with Crippen LogP contribution in [-0.4, -0.2) is 17.4 Å². The fraction of sp³-hybridized carbons (Fsp3) is 0.386. The summed E-state index contributed by atoms with van der Waals surface area (Å²) in [6, 6.07) is 31.8. The number of hydrogen-bond acceptors (Lipinski definition) is 2. The number of benzene rings is 4. The van der Waals surface area contributed by atoms with Crippen molar-refractivity contribution in [2.24, 2.45) is 10.4 Å². The lowest BCUT2D eigenvalue weighted by Crippen LogP contribution is -2.29. The Labute approximate surface area is 277 Å². The molecule has 1 fully saturated rings. The molecular formula is C44H51NO. The van der Waals surface area contributed by atoms with Gasteiger partial charge in [-0.25, -0.2) is 0 Å². The number of nitrogens with zero attached hydrogens (tertiary/aromatic N) is 1. The van der Waals surface area contributed by atoms with Gasteiger partial charge in [-0.15, -0.1) is 6.58 Å². The fourth-order valence-electron chi connectivity index (χ4n) is 8.14. The minimum Gasteiger partial charge on any atom is -0.507 e. The lowest BCUT2D eigenvalue weighted by molar-refractivity contribution is 0.257. The van der Waals surface area contributed by atoms with Crippen LogP contribution in [0.2, 0.25) is 0 Å². The number of allylic oxidation sites excluding steroid dienone is 1. The van der Waals surface area contributed by atoms with Gasteiger partial charge in [-0.1, -0.05) is 132 Å². The Balaban J connectivity index is 1.41. The summed E-state index contributed by atoms with van der Waals surface area (Å²) in [6.45, 7) is 13.2. The molecule has 0 aliphatic heterocycles. The Morgan fingerprint density at radius 3 is 2.04 bits per heavy atom. The van der Waals surface area contributed by atoms with Crippen LogP contribution < -0.4 is 0 Å². The summed E-state index contributed by atoms with van der Waals surface area (Å²) in [7, 11) is 0. The third-order valence-electron chi connectivity index (χ3n) is 10.6. The van der Waals surface area contributed by atoms with Crippen LogP contribution in [0, 0.1) is 5.41 Å². The van der Waals surface area contributed by atoms with Crippen LogP contribution in [0.5, 0.6) is 5.75 Å². The molecule has 6 rings (SSSR count). The van der Waals surface area contributed by atoms with Crippen LogP contribution in [0.4, 0.5) is 0 Å². The molecule has 4 aromatic carbocycles. The maximum absolute atomic E-state index is 11.5. The number of fused-ring (bicyclic) bond motifs is 3. The van der Waals surface area contributed by atoms with E-state index in [2.05, 4.69) is 119 Å². The van der Waals surface area contributed by atoms with Gasteiger partial charge in [-0.05, 0) is 94.4 Å². The number of hydrogen-bond donors (Lipinski definition) is 1. The van der Waals surface area contributed by atoms with Crippen molar-refractivity contribution in [3.05, 3.63) is 137 Å². The average molecular weight is 610 g/mol.